The second-order valence-electron chi connectivity index (χ2n) is 25.0. The molecule has 4 saturated heterocycles. The van der Waals surface area contributed by atoms with Gasteiger partial charge in [-0.2, -0.15) is 0 Å². The van der Waals surface area contributed by atoms with Crippen molar-refractivity contribution in [2.24, 2.45) is 20.0 Å². The fourth-order valence-electron chi connectivity index (χ4n) is 13.7. The van der Waals surface area contributed by atoms with E-state index in [9.17, 15) is 41.8 Å². The first-order valence-corrected chi connectivity index (χ1v) is 42.0. The second-order valence-corrected chi connectivity index (χ2v) is 32.2. The third-order valence-electron chi connectivity index (χ3n) is 18.3. The summed E-state index contributed by atoms with van der Waals surface area (Å²) < 4.78 is 86.5. The number of ether oxygens (including phenoxy) is 6. The van der Waals surface area contributed by atoms with E-state index in [1.165, 1.54) is 108 Å². The predicted octanol–water partition coefficient (Wildman–Crippen LogP) is 17.4. The Balaban J connectivity index is 0.000000136. The largest absolute Gasteiger partial charge is 0.478 e. The van der Waals surface area contributed by atoms with Crippen molar-refractivity contribution in [2.45, 2.75) is 82.5 Å². The molecule has 0 spiro atoms. The molecule has 4 aromatic carbocycles. The van der Waals surface area contributed by atoms with Crippen molar-refractivity contribution in [3.8, 4) is 0 Å². The van der Waals surface area contributed by atoms with Crippen molar-refractivity contribution in [3.63, 3.8) is 0 Å². The zero-order valence-corrected chi connectivity index (χ0v) is 70.5. The molecule has 0 aliphatic carbocycles. The Morgan fingerprint density at radius 3 is 0.920 bits per heavy atom. The van der Waals surface area contributed by atoms with Crippen molar-refractivity contribution in [1.82, 2.24) is 39.5 Å². The number of halogens is 9. The lowest BCUT2D eigenvalue weighted by Gasteiger charge is -2.31. The van der Waals surface area contributed by atoms with Crippen LogP contribution in [0.15, 0.2) is 202 Å². The van der Waals surface area contributed by atoms with Gasteiger partial charge in [-0.15, -0.1) is 45.3 Å². The number of hydrogen-bond acceptors (Lipinski definition) is 26. The summed E-state index contributed by atoms with van der Waals surface area (Å²) in [6.07, 6.45) is 13.4. The average molecular weight is 1890 g/mol. The number of nitrogens with zero attached hydrogens (tertiary/aromatic N) is 12. The monoisotopic (exact) mass is 1880 g/mol. The summed E-state index contributed by atoms with van der Waals surface area (Å²) >= 11 is 24.5. The number of carboxylic acids is 1. The molecule has 4 unspecified atom stereocenters. The summed E-state index contributed by atoms with van der Waals surface area (Å²) in [5.74, 6) is -0.893. The minimum atomic E-state index is -0.995. The lowest BCUT2D eigenvalue weighted by molar-refractivity contribution is -0.150. The van der Waals surface area contributed by atoms with E-state index in [0.717, 1.165) is 137 Å². The van der Waals surface area contributed by atoms with Gasteiger partial charge in [-0.1, -0.05) is 99.6 Å². The molecule has 0 bridgehead atoms. The highest BCUT2D eigenvalue weighted by atomic mass is 79.9. The quantitative estimate of drug-likeness (QED) is 0.0275. The Morgan fingerprint density at radius 1 is 0.438 bits per heavy atom. The summed E-state index contributed by atoms with van der Waals surface area (Å²) in [5.41, 5.74) is 7.91. The molecular weight excluding hydrogens is 1820 g/mol. The van der Waals surface area contributed by atoms with E-state index in [1.54, 1.807) is 63.1 Å². The van der Waals surface area contributed by atoms with Crippen LogP contribution in [0.3, 0.4) is 0 Å². The van der Waals surface area contributed by atoms with E-state index in [0.29, 0.717) is 69.6 Å². The molecule has 12 heterocycles. The topological polar surface area (TPSA) is 258 Å². The van der Waals surface area contributed by atoms with Crippen molar-refractivity contribution >= 4 is 168 Å². The van der Waals surface area contributed by atoms with Crippen LogP contribution in [0.2, 0.25) is 0 Å². The molecule has 8 aromatic rings. The second kappa shape index (κ2) is 38.8. The van der Waals surface area contributed by atoms with Crippen molar-refractivity contribution in [1.29, 1.82) is 0 Å². The van der Waals surface area contributed by atoms with Crippen LogP contribution in [0.4, 0.5) is 17.6 Å². The summed E-state index contributed by atoms with van der Waals surface area (Å²) in [4.78, 5) is 95.6. The Kier molecular flexibility index (Phi) is 28.9. The number of hydrogen-bond donors (Lipinski definition) is 1. The smallest absolute Gasteiger partial charge is 0.340 e. The number of alkyl halides is 1. The predicted molar refractivity (Wildman–Crippen MR) is 432 cm³/mol. The number of benzene rings is 4. The SMILES string of the molecule is CCOC(=O)C1=C2CCCN2C(c2nccs2)=NC1c1ccc(F)cc1Br.COCCl.COCOC(=O)C1=C2CCCN2C(c2nccs2)=NC1c1ccc(F)cc1Br.COCOC(=O)C1=C2CCCN2C(c2nccs2)=NC1c1ccc(F)cc1Br.O=C(O)C1=C2CCCN2C(c2nccs2)=NC1c1ccc(F)cc1Br. The molecule has 4 atom stereocenters. The molecule has 112 heavy (non-hydrogen) atoms. The van der Waals surface area contributed by atoms with Crippen LogP contribution >= 0.6 is 121 Å². The lowest BCUT2D eigenvalue weighted by Crippen LogP contribution is -2.35. The normalized spacial score (nSPS) is 18.8. The lowest BCUT2D eigenvalue weighted by atomic mass is 9.94. The number of aromatic nitrogens is 4. The number of aliphatic carboxylic acids is 1. The van der Waals surface area contributed by atoms with E-state index in [-0.39, 0.29) is 55.0 Å². The van der Waals surface area contributed by atoms with E-state index in [4.69, 9.17) is 55.3 Å². The molecule has 0 radical (unpaired) electrons. The summed E-state index contributed by atoms with van der Waals surface area (Å²) in [5, 5.41) is 20.5. The van der Waals surface area contributed by atoms with Gasteiger partial charge in [0.1, 0.15) is 53.5 Å². The van der Waals surface area contributed by atoms with Crippen LogP contribution in [-0.2, 0) is 47.6 Å². The number of fused-ring (bicyclic) bond motifs is 4. The average Bonchev–Trinajstić information content (AvgIpc) is 1.43. The van der Waals surface area contributed by atoms with Crippen LogP contribution < -0.4 is 0 Å². The van der Waals surface area contributed by atoms with Crippen molar-refractivity contribution in [2.75, 3.05) is 73.8 Å². The molecule has 36 heteroatoms. The minimum Gasteiger partial charge on any atom is -0.478 e. The Bertz CT molecular complexity index is 4900. The molecule has 8 aliphatic heterocycles. The summed E-state index contributed by atoms with van der Waals surface area (Å²) in [6, 6.07) is 15.2. The zero-order valence-electron chi connectivity index (χ0n) is 60.1. The van der Waals surface area contributed by atoms with E-state index >= 15 is 0 Å². The highest BCUT2D eigenvalue weighted by Crippen LogP contribution is 2.48. The van der Waals surface area contributed by atoms with Crippen LogP contribution in [0, 0.1) is 23.3 Å². The highest BCUT2D eigenvalue weighted by Gasteiger charge is 2.44. The molecule has 4 fully saturated rings. The maximum absolute atomic E-state index is 13.6. The minimum absolute atomic E-state index is 0.143. The Labute approximate surface area is 695 Å². The number of carbonyl (C=O) groups is 4. The van der Waals surface area contributed by atoms with Crippen LogP contribution in [0.25, 0.3) is 0 Å². The van der Waals surface area contributed by atoms with Gasteiger partial charge in [0.25, 0.3) is 0 Å². The number of methoxy groups -OCH3 is 3. The van der Waals surface area contributed by atoms with Gasteiger partial charge in [0.05, 0.1) is 28.9 Å². The maximum atomic E-state index is 13.6. The van der Waals surface area contributed by atoms with Crippen LogP contribution in [0.1, 0.15) is 125 Å². The van der Waals surface area contributed by atoms with Gasteiger partial charge < -0.3 is 53.1 Å². The van der Waals surface area contributed by atoms with Gasteiger partial charge in [0.2, 0.25) is 0 Å². The molecular formula is C76H69Br4ClF4N12O11S4. The number of allylic oxidation sites excluding steroid dienone is 4. The number of thiazole rings is 4. The number of esters is 3. The summed E-state index contributed by atoms with van der Waals surface area (Å²) in [7, 11) is 4.47. The maximum Gasteiger partial charge on any atom is 0.340 e. The molecule has 586 valence electrons. The first-order chi connectivity index (χ1) is 54.3. The molecule has 0 saturated carbocycles. The van der Waals surface area contributed by atoms with Crippen molar-refractivity contribution in [3.05, 3.63) is 248 Å². The molecule has 8 aliphatic rings. The number of aliphatic imine (C=N–C) groups is 4. The highest BCUT2D eigenvalue weighted by molar-refractivity contribution is 9.11. The first kappa shape index (κ1) is 83.4. The molecule has 1 N–H and O–H groups in total. The fraction of sp³-hybridized carbons (Fsp3) is 0.316. The molecule has 23 nitrogen and oxygen atoms in total. The summed E-state index contributed by atoms with van der Waals surface area (Å²) in [6.45, 7) is 4.81. The number of carbonyl (C=O) groups excluding carboxylic acids is 3. The van der Waals surface area contributed by atoms with Gasteiger partial charge in [-0.25, -0.2) is 56.7 Å². The standard InChI is InChI=1S/2C19H17BrFN3O3S.C19H17BrFN3O2S.C17H13BrFN3O2S.C2H5ClO/c2*1-26-10-27-19(25)15-14-3-2-7-24(14)17(18-22-6-8-28-18)23-16(15)12-5-4-11(21)9-13(12)20;1-2-26-19(25)15-14-4-3-8-24(14)17(18-22-7-9-27-18)23-16(15)12-6-5-11(21)10-13(12)20;18-11-8-9(19)3-4-10(11)14-13(17(23)24)12-2-1-6-22(12)15(21-14)16-20-5-7-25-16;1-4-2-3/h2*4-6,8-9,16H,2-3,7,10H2,1H3;5-7,9-10,16H,2-4,8H2,1H3;3-5,7-8,14H,1-2,6H2,(H,23,24);2H2,1H3. The Morgan fingerprint density at radius 2 is 0.696 bits per heavy atom. The van der Waals surface area contributed by atoms with E-state index in [2.05, 4.69) is 93.3 Å². The Hall–Kier alpha value is -8.07. The van der Waals surface area contributed by atoms with Crippen LogP contribution in [-0.4, -0.2) is 166 Å². The third kappa shape index (κ3) is 18.7. The van der Waals surface area contributed by atoms with Gasteiger partial charge in [-0.05, 0) is 129 Å². The molecule has 16 rings (SSSR count). The zero-order chi connectivity index (χ0) is 79.3. The molecule has 4 aromatic heterocycles. The molecule has 0 amide bonds. The van der Waals surface area contributed by atoms with E-state index < -0.39 is 42.1 Å². The van der Waals surface area contributed by atoms with Crippen molar-refractivity contribution < 1.29 is 70.3 Å². The van der Waals surface area contributed by atoms with Gasteiger partial charge in [0.15, 0.2) is 57.0 Å². The fourth-order valence-corrected chi connectivity index (χ4v) is 18.6. The number of amidine groups is 4. The number of rotatable bonds is 18. The van der Waals surface area contributed by atoms with Gasteiger partial charge >= 0.3 is 23.9 Å². The first-order valence-electron chi connectivity index (χ1n) is 34.8. The van der Waals surface area contributed by atoms with Crippen LogP contribution in [0.5, 0.6) is 0 Å². The van der Waals surface area contributed by atoms with Gasteiger partial charge in [0, 0.05) is 134 Å². The number of carboxylic acid groups (broad SMARTS) is 1. The van der Waals surface area contributed by atoms with Gasteiger partial charge in [-0.3, -0.25) is 20.0 Å². The van der Waals surface area contributed by atoms with E-state index in [1.807, 2.05) is 36.2 Å². The third-order valence-corrected chi connectivity index (χ3v) is 24.3.